The number of hydrogen-bond acceptors (Lipinski definition) is 5. The van der Waals surface area contributed by atoms with Crippen molar-refractivity contribution in [1.29, 1.82) is 0 Å². The number of likely N-dealkylation sites (N-methyl/N-ethyl adjacent to an activating group) is 1. The van der Waals surface area contributed by atoms with E-state index in [4.69, 9.17) is 21.1 Å². The normalized spacial score (nSPS) is 11.1. The van der Waals surface area contributed by atoms with Gasteiger partial charge in [0, 0.05) is 10.6 Å². The number of thiazole rings is 1. The minimum absolute atomic E-state index is 0.132. The molecule has 1 amide bonds. The van der Waals surface area contributed by atoms with Gasteiger partial charge in [-0.3, -0.25) is 9.69 Å². The maximum Gasteiger partial charge on any atom is 0.260 e. The van der Waals surface area contributed by atoms with Crippen LogP contribution in [0, 0.1) is 0 Å². The average molecular weight is 421 g/mol. The lowest BCUT2D eigenvalue weighted by atomic mass is 10.1. The summed E-state index contributed by atoms with van der Waals surface area (Å²) in [5, 5.41) is 1.30. The van der Waals surface area contributed by atoms with E-state index in [-0.39, 0.29) is 5.91 Å². The van der Waals surface area contributed by atoms with Gasteiger partial charge in [-0.2, -0.15) is 0 Å². The van der Waals surface area contributed by atoms with Crippen molar-refractivity contribution in [2.24, 2.45) is 0 Å². The summed E-state index contributed by atoms with van der Waals surface area (Å²) in [6.45, 7) is 1.33. The Morgan fingerprint density at radius 3 is 2.57 bits per heavy atom. The molecule has 0 aliphatic carbocycles. The first-order chi connectivity index (χ1) is 13.4. The number of fused-ring (bicyclic) bond motifs is 1. The third-order valence-corrected chi connectivity index (χ3v) is 5.56. The molecule has 0 radical (unpaired) electrons. The van der Waals surface area contributed by atoms with Gasteiger partial charge in [-0.15, -0.1) is 0 Å². The van der Waals surface area contributed by atoms with Crippen molar-refractivity contribution in [3.05, 3.63) is 47.0 Å². The highest BCUT2D eigenvalue weighted by molar-refractivity contribution is 7.22. The molecule has 1 heterocycles. The highest BCUT2D eigenvalue weighted by atomic mass is 35.5. The van der Waals surface area contributed by atoms with Crippen LogP contribution >= 0.6 is 22.9 Å². The molecular formula is C20H23ClN3O3S+. The van der Waals surface area contributed by atoms with Crippen molar-refractivity contribution in [1.82, 2.24) is 4.98 Å². The molecule has 0 saturated heterocycles. The van der Waals surface area contributed by atoms with Crippen molar-refractivity contribution < 1.29 is 19.2 Å². The summed E-state index contributed by atoms with van der Waals surface area (Å²) >= 11 is 7.56. The zero-order valence-corrected chi connectivity index (χ0v) is 17.9. The molecule has 0 aliphatic heterocycles. The molecule has 1 aromatic heterocycles. The number of methoxy groups -OCH3 is 2. The van der Waals surface area contributed by atoms with Gasteiger partial charge in [0.1, 0.15) is 0 Å². The summed E-state index contributed by atoms with van der Waals surface area (Å²) in [6.07, 6.45) is 0. The number of hydrogen-bond donors (Lipinski definition) is 1. The monoisotopic (exact) mass is 420 g/mol. The van der Waals surface area contributed by atoms with E-state index in [0.29, 0.717) is 33.8 Å². The Bertz CT molecular complexity index is 990. The third kappa shape index (κ3) is 4.38. The van der Waals surface area contributed by atoms with Crippen LogP contribution < -0.4 is 19.3 Å². The number of carbonyl (C=O) groups excluding carboxylic acids is 1. The Kier molecular flexibility index (Phi) is 6.39. The fourth-order valence-corrected chi connectivity index (χ4v) is 4.01. The molecule has 0 spiro atoms. The Hall–Kier alpha value is -2.35. The second kappa shape index (κ2) is 8.77. The van der Waals surface area contributed by atoms with Crippen molar-refractivity contribution in [2.45, 2.75) is 0 Å². The molecule has 3 aromatic rings. The SMILES string of the molecule is COc1ccc(C(=O)N(CC[NH+](C)C)c2nc3ccc(Cl)cc3s2)cc1OC. The Morgan fingerprint density at radius 1 is 1.14 bits per heavy atom. The van der Waals surface area contributed by atoms with E-state index in [0.717, 1.165) is 16.8 Å². The lowest BCUT2D eigenvalue weighted by molar-refractivity contribution is -0.856. The Labute approximate surface area is 173 Å². The van der Waals surface area contributed by atoms with Gasteiger partial charge in [0.25, 0.3) is 5.91 Å². The van der Waals surface area contributed by atoms with E-state index in [1.807, 2.05) is 12.1 Å². The van der Waals surface area contributed by atoms with E-state index in [1.165, 1.54) is 16.2 Å². The number of anilines is 1. The number of carbonyl (C=O) groups is 1. The summed E-state index contributed by atoms with van der Waals surface area (Å²) in [4.78, 5) is 20.9. The number of ether oxygens (including phenoxy) is 2. The van der Waals surface area contributed by atoms with Gasteiger partial charge in [-0.05, 0) is 36.4 Å². The fourth-order valence-electron chi connectivity index (χ4n) is 2.75. The van der Waals surface area contributed by atoms with E-state index in [2.05, 4.69) is 19.1 Å². The predicted molar refractivity (Wildman–Crippen MR) is 114 cm³/mol. The van der Waals surface area contributed by atoms with Gasteiger partial charge < -0.3 is 14.4 Å². The van der Waals surface area contributed by atoms with E-state index >= 15 is 0 Å². The molecule has 0 atom stereocenters. The number of rotatable bonds is 7. The average Bonchev–Trinajstić information content (AvgIpc) is 3.09. The number of benzene rings is 2. The van der Waals surface area contributed by atoms with Gasteiger partial charge in [0.05, 0.1) is 51.6 Å². The largest absolute Gasteiger partial charge is 0.493 e. The van der Waals surface area contributed by atoms with E-state index in [1.54, 1.807) is 43.4 Å². The predicted octanol–water partition coefficient (Wildman–Crippen LogP) is 2.76. The third-order valence-electron chi connectivity index (χ3n) is 4.28. The second-order valence-electron chi connectivity index (χ2n) is 6.59. The van der Waals surface area contributed by atoms with Crippen LogP contribution in [0.3, 0.4) is 0 Å². The summed E-state index contributed by atoms with van der Waals surface area (Å²) < 4.78 is 11.6. The number of aromatic nitrogens is 1. The standard InChI is InChI=1S/C20H22ClN3O3S/c1-23(2)9-10-24(20-22-15-7-6-14(21)12-18(15)28-20)19(25)13-5-8-16(26-3)17(11-13)27-4/h5-8,11-12H,9-10H2,1-4H3/p+1. The number of halogens is 1. The first kappa shape index (κ1) is 20.4. The molecule has 148 valence electrons. The lowest BCUT2D eigenvalue weighted by Crippen LogP contribution is -3.06. The topological polar surface area (TPSA) is 56.1 Å². The highest BCUT2D eigenvalue weighted by Crippen LogP contribution is 2.33. The Morgan fingerprint density at radius 2 is 1.89 bits per heavy atom. The van der Waals surface area contributed by atoms with E-state index in [9.17, 15) is 4.79 Å². The summed E-state index contributed by atoms with van der Waals surface area (Å²) in [6, 6.07) is 10.7. The molecule has 28 heavy (non-hydrogen) atoms. The number of nitrogens with zero attached hydrogens (tertiary/aromatic N) is 2. The summed E-state index contributed by atoms with van der Waals surface area (Å²) in [7, 11) is 7.22. The minimum Gasteiger partial charge on any atom is -0.493 e. The van der Waals surface area contributed by atoms with Crippen LogP contribution in [-0.4, -0.2) is 52.3 Å². The first-order valence-electron chi connectivity index (χ1n) is 8.82. The molecule has 0 bridgehead atoms. The molecule has 8 heteroatoms. The quantitative estimate of drug-likeness (QED) is 0.638. The smallest absolute Gasteiger partial charge is 0.260 e. The molecule has 2 aromatic carbocycles. The lowest BCUT2D eigenvalue weighted by Gasteiger charge is -2.21. The molecule has 1 N–H and O–H groups in total. The molecule has 6 nitrogen and oxygen atoms in total. The van der Waals surface area contributed by atoms with Gasteiger partial charge in [-0.25, -0.2) is 4.98 Å². The number of nitrogens with one attached hydrogen (secondary N) is 1. The number of amides is 1. The zero-order valence-electron chi connectivity index (χ0n) is 16.3. The van der Waals surface area contributed by atoms with Crippen molar-refractivity contribution >= 4 is 44.2 Å². The maximum absolute atomic E-state index is 13.3. The van der Waals surface area contributed by atoms with Crippen molar-refractivity contribution in [3.8, 4) is 11.5 Å². The van der Waals surface area contributed by atoms with Crippen LogP contribution in [0.5, 0.6) is 11.5 Å². The highest BCUT2D eigenvalue weighted by Gasteiger charge is 2.23. The van der Waals surface area contributed by atoms with Crippen LogP contribution in [0.1, 0.15) is 10.4 Å². The summed E-state index contributed by atoms with van der Waals surface area (Å²) in [5.41, 5.74) is 1.34. The van der Waals surface area contributed by atoms with Gasteiger partial charge in [-0.1, -0.05) is 22.9 Å². The maximum atomic E-state index is 13.3. The van der Waals surface area contributed by atoms with Crippen LogP contribution in [0.2, 0.25) is 5.02 Å². The molecule has 3 rings (SSSR count). The first-order valence-corrected chi connectivity index (χ1v) is 10.0. The van der Waals surface area contributed by atoms with Gasteiger partial charge >= 0.3 is 0 Å². The molecule has 0 fully saturated rings. The van der Waals surface area contributed by atoms with Crippen LogP contribution in [0.4, 0.5) is 5.13 Å². The van der Waals surface area contributed by atoms with Crippen LogP contribution in [-0.2, 0) is 0 Å². The molecule has 0 aliphatic rings. The van der Waals surface area contributed by atoms with E-state index < -0.39 is 0 Å². The van der Waals surface area contributed by atoms with Gasteiger partial charge in [0.15, 0.2) is 16.6 Å². The van der Waals surface area contributed by atoms with Crippen molar-refractivity contribution in [3.63, 3.8) is 0 Å². The van der Waals surface area contributed by atoms with Crippen LogP contribution in [0.25, 0.3) is 10.2 Å². The zero-order chi connectivity index (χ0) is 20.3. The second-order valence-corrected chi connectivity index (χ2v) is 8.04. The van der Waals surface area contributed by atoms with Gasteiger partial charge in [0.2, 0.25) is 0 Å². The summed E-state index contributed by atoms with van der Waals surface area (Å²) in [5.74, 6) is 0.966. The van der Waals surface area contributed by atoms with Crippen molar-refractivity contribution in [2.75, 3.05) is 46.3 Å². The fraction of sp³-hybridized carbons (Fsp3) is 0.300. The Balaban J connectivity index is 1.99. The number of quaternary nitrogens is 1. The van der Waals surface area contributed by atoms with Crippen LogP contribution in [0.15, 0.2) is 36.4 Å². The molecule has 0 saturated carbocycles. The molecule has 0 unspecified atom stereocenters. The molecular weight excluding hydrogens is 398 g/mol. The minimum atomic E-state index is -0.132.